The van der Waals surface area contributed by atoms with Gasteiger partial charge in [0, 0.05) is 11.6 Å². The topological polar surface area (TPSA) is 91.3 Å². The molecule has 14 heavy (non-hydrogen) atoms. The van der Waals surface area contributed by atoms with Gasteiger partial charge in [-0.25, -0.2) is 10.2 Å². The predicted molar refractivity (Wildman–Crippen MR) is 52.2 cm³/mol. The fourth-order valence-electron chi connectivity index (χ4n) is 1.86. The first-order valence-electron chi connectivity index (χ1n) is 4.57. The Morgan fingerprint density at radius 1 is 1.71 bits per heavy atom. The molecule has 0 aromatic rings. The van der Waals surface area contributed by atoms with Gasteiger partial charge in [0.1, 0.15) is 0 Å². The van der Waals surface area contributed by atoms with Crippen molar-refractivity contribution in [2.75, 3.05) is 0 Å². The molecule has 2 amide bonds. The normalized spacial score (nSPS) is 34.1. The van der Waals surface area contributed by atoms with Gasteiger partial charge in [0.15, 0.2) is 0 Å². The molecule has 1 aliphatic rings. The number of amides is 2. The molecule has 1 aliphatic carbocycles. The van der Waals surface area contributed by atoms with Crippen molar-refractivity contribution >= 4 is 11.7 Å². The van der Waals surface area contributed by atoms with Gasteiger partial charge < -0.3 is 5.73 Å². The molecule has 0 radical (unpaired) electrons. The van der Waals surface area contributed by atoms with Crippen LogP contribution < -0.4 is 11.2 Å². The number of urea groups is 1. The number of carbonyl (C=O) groups excluding carboxylic acids is 1. The van der Waals surface area contributed by atoms with Crippen LogP contribution in [-0.2, 0) is 0 Å². The Hall–Kier alpha value is -1.57. The monoisotopic (exact) mass is 194 g/mol. The first-order chi connectivity index (χ1) is 6.56. The summed E-state index contributed by atoms with van der Waals surface area (Å²) in [4.78, 5) is 10.4. The van der Waals surface area contributed by atoms with E-state index in [0.717, 1.165) is 12.1 Å². The molecule has 1 fully saturated rings. The lowest BCUT2D eigenvalue weighted by atomic mass is 9.93. The van der Waals surface area contributed by atoms with Gasteiger partial charge in [0.2, 0.25) is 0 Å². The lowest BCUT2D eigenvalue weighted by Crippen LogP contribution is -2.26. The minimum absolute atomic E-state index is 0.0107. The van der Waals surface area contributed by atoms with Gasteiger partial charge in [-0.2, -0.15) is 10.4 Å². The fourth-order valence-corrected chi connectivity index (χ4v) is 1.86. The maximum Gasteiger partial charge on any atom is 0.332 e. The number of nitrogens with two attached hydrogens (primary N) is 1. The number of hydrazone groups is 1. The van der Waals surface area contributed by atoms with Crippen molar-refractivity contribution in [3.63, 3.8) is 0 Å². The molecule has 0 aromatic heterocycles. The quantitative estimate of drug-likeness (QED) is 0.605. The van der Waals surface area contributed by atoms with E-state index in [0.29, 0.717) is 5.92 Å². The highest BCUT2D eigenvalue weighted by Gasteiger charge is 2.35. The van der Waals surface area contributed by atoms with E-state index in [9.17, 15) is 4.79 Å². The highest BCUT2D eigenvalue weighted by atomic mass is 16.2. The van der Waals surface area contributed by atoms with Crippen molar-refractivity contribution in [3.05, 3.63) is 0 Å². The Kier molecular flexibility index (Phi) is 3.07. The number of primary amides is 1. The van der Waals surface area contributed by atoms with E-state index in [1.54, 1.807) is 0 Å². The Bertz CT molecular complexity index is 304. The van der Waals surface area contributed by atoms with E-state index >= 15 is 0 Å². The maximum absolute atomic E-state index is 10.4. The van der Waals surface area contributed by atoms with E-state index in [4.69, 9.17) is 11.0 Å². The summed E-state index contributed by atoms with van der Waals surface area (Å²) in [6.07, 6.45) is 0.750. The zero-order valence-electron chi connectivity index (χ0n) is 8.32. The fraction of sp³-hybridized carbons (Fsp3) is 0.667. The van der Waals surface area contributed by atoms with E-state index in [1.165, 1.54) is 0 Å². The molecule has 3 unspecified atom stereocenters. The van der Waals surface area contributed by atoms with Crippen molar-refractivity contribution in [1.29, 1.82) is 5.26 Å². The van der Waals surface area contributed by atoms with Gasteiger partial charge in [0.25, 0.3) is 0 Å². The van der Waals surface area contributed by atoms with E-state index < -0.39 is 6.03 Å². The standard InChI is InChI=1S/C9H14N4O/c1-5-3-8(12-13-9(11)14)6(2)7(5)4-10/h5-7H,3H2,1-2H3,(H3,11,13,14)/b12-8-. The van der Waals surface area contributed by atoms with Gasteiger partial charge in [0.05, 0.1) is 12.0 Å². The Labute approximate surface area is 83.0 Å². The van der Waals surface area contributed by atoms with Crippen LogP contribution in [0, 0.1) is 29.1 Å². The van der Waals surface area contributed by atoms with Crippen LogP contribution in [0.2, 0.25) is 0 Å². The first kappa shape index (κ1) is 10.5. The number of nitrogens with zero attached hydrogens (tertiary/aromatic N) is 2. The zero-order chi connectivity index (χ0) is 10.7. The number of nitrogens with one attached hydrogen (secondary N) is 1. The summed E-state index contributed by atoms with van der Waals surface area (Å²) in [5.41, 5.74) is 7.95. The number of carbonyl (C=O) groups is 1. The van der Waals surface area contributed by atoms with Crippen molar-refractivity contribution < 1.29 is 4.79 Å². The van der Waals surface area contributed by atoms with Gasteiger partial charge in [-0.05, 0) is 12.3 Å². The Balaban J connectivity index is 2.71. The second kappa shape index (κ2) is 4.09. The molecule has 1 rings (SSSR count). The van der Waals surface area contributed by atoms with Crippen LogP contribution in [-0.4, -0.2) is 11.7 Å². The van der Waals surface area contributed by atoms with Gasteiger partial charge in [-0.3, -0.25) is 0 Å². The maximum atomic E-state index is 10.4. The number of nitriles is 1. The second-order valence-corrected chi connectivity index (χ2v) is 3.70. The van der Waals surface area contributed by atoms with Crippen molar-refractivity contribution in [2.24, 2.45) is 28.6 Å². The summed E-state index contributed by atoms with van der Waals surface area (Å²) in [6.45, 7) is 3.95. The van der Waals surface area contributed by atoms with E-state index in [2.05, 4.69) is 16.6 Å². The minimum Gasteiger partial charge on any atom is -0.350 e. The molecule has 5 heteroatoms. The Morgan fingerprint density at radius 2 is 2.36 bits per heavy atom. The Morgan fingerprint density at radius 3 is 2.79 bits per heavy atom. The third-order valence-electron chi connectivity index (χ3n) is 2.67. The molecule has 0 aliphatic heterocycles. The van der Waals surface area contributed by atoms with Crippen molar-refractivity contribution in [3.8, 4) is 6.07 Å². The molecule has 0 bridgehead atoms. The summed E-state index contributed by atoms with van der Waals surface area (Å²) in [6, 6.07) is 1.59. The molecule has 76 valence electrons. The molecule has 3 N–H and O–H groups in total. The molecule has 0 spiro atoms. The SMILES string of the molecule is CC1C/C(=N/NC(N)=O)C(C)C1C#N. The van der Waals surface area contributed by atoms with Gasteiger partial charge in [-0.1, -0.05) is 13.8 Å². The molecule has 1 saturated carbocycles. The van der Waals surface area contributed by atoms with E-state index in [-0.39, 0.29) is 11.8 Å². The largest absolute Gasteiger partial charge is 0.350 e. The van der Waals surface area contributed by atoms with Gasteiger partial charge >= 0.3 is 6.03 Å². The number of hydrogen-bond acceptors (Lipinski definition) is 3. The van der Waals surface area contributed by atoms with Crippen LogP contribution in [0.4, 0.5) is 4.79 Å². The van der Waals surface area contributed by atoms with E-state index in [1.807, 2.05) is 13.8 Å². The number of hydrogen-bond donors (Lipinski definition) is 2. The summed E-state index contributed by atoms with van der Waals surface area (Å²) in [5, 5.41) is 12.8. The molecule has 5 nitrogen and oxygen atoms in total. The molecular formula is C9H14N4O. The smallest absolute Gasteiger partial charge is 0.332 e. The van der Waals surface area contributed by atoms with Crippen LogP contribution >= 0.6 is 0 Å². The summed E-state index contributed by atoms with van der Waals surface area (Å²) < 4.78 is 0. The minimum atomic E-state index is -0.669. The first-order valence-corrected chi connectivity index (χ1v) is 4.57. The summed E-state index contributed by atoms with van der Waals surface area (Å²) in [5.74, 6) is 0.383. The molecule has 3 atom stereocenters. The van der Waals surface area contributed by atoms with Crippen LogP contribution in [0.15, 0.2) is 5.10 Å². The average Bonchev–Trinajstić information content (AvgIpc) is 2.38. The van der Waals surface area contributed by atoms with Crippen molar-refractivity contribution in [1.82, 2.24) is 5.43 Å². The highest BCUT2D eigenvalue weighted by Crippen LogP contribution is 2.33. The second-order valence-electron chi connectivity index (χ2n) is 3.70. The van der Waals surface area contributed by atoms with Crippen molar-refractivity contribution in [2.45, 2.75) is 20.3 Å². The van der Waals surface area contributed by atoms with Crippen LogP contribution in [0.5, 0.6) is 0 Å². The molecule has 0 heterocycles. The van der Waals surface area contributed by atoms with Gasteiger partial charge in [-0.15, -0.1) is 0 Å². The number of rotatable bonds is 1. The molecule has 0 aromatic carbocycles. The summed E-state index contributed by atoms with van der Waals surface area (Å²) in [7, 11) is 0. The molecule has 0 saturated heterocycles. The van der Waals surface area contributed by atoms with Crippen LogP contribution in [0.25, 0.3) is 0 Å². The summed E-state index contributed by atoms with van der Waals surface area (Å²) >= 11 is 0. The third kappa shape index (κ3) is 2.02. The van der Waals surface area contributed by atoms with Crippen LogP contribution in [0.3, 0.4) is 0 Å². The van der Waals surface area contributed by atoms with Crippen LogP contribution in [0.1, 0.15) is 20.3 Å². The predicted octanol–water partition coefficient (Wildman–Crippen LogP) is 0.826. The average molecular weight is 194 g/mol. The highest BCUT2D eigenvalue weighted by molar-refractivity contribution is 5.90. The lowest BCUT2D eigenvalue weighted by molar-refractivity contribution is 0.249. The zero-order valence-corrected chi connectivity index (χ0v) is 8.32. The lowest BCUT2D eigenvalue weighted by Gasteiger charge is -2.08. The third-order valence-corrected chi connectivity index (χ3v) is 2.67. The molecular weight excluding hydrogens is 180 g/mol.